The summed E-state index contributed by atoms with van der Waals surface area (Å²) < 4.78 is 11.6. The summed E-state index contributed by atoms with van der Waals surface area (Å²) in [7, 11) is 0. The van der Waals surface area contributed by atoms with Crippen molar-refractivity contribution in [2.75, 3.05) is 19.8 Å². The summed E-state index contributed by atoms with van der Waals surface area (Å²) in [6, 6.07) is 26.0. The number of fused-ring (bicyclic) bond motifs is 1. The molecule has 2 atom stereocenters. The fraction of sp³-hybridized carbons (Fsp3) is 0.250. The normalized spacial score (nSPS) is 16.5. The molecule has 168 valence electrons. The van der Waals surface area contributed by atoms with Gasteiger partial charge in [-0.15, -0.1) is 0 Å². The van der Waals surface area contributed by atoms with Crippen LogP contribution in [0.2, 0.25) is 0 Å². The minimum atomic E-state index is -0.140. The molecule has 1 fully saturated rings. The molecule has 4 aromatic rings. The number of nitrogens with one attached hydrogen (secondary N) is 2. The van der Waals surface area contributed by atoms with Crippen molar-refractivity contribution in [1.82, 2.24) is 10.3 Å². The monoisotopic (exact) mass is 440 g/mol. The summed E-state index contributed by atoms with van der Waals surface area (Å²) in [5.74, 6) is 0.471. The molecule has 0 radical (unpaired) electrons. The highest BCUT2D eigenvalue weighted by atomic mass is 16.5. The Hall–Kier alpha value is -3.57. The maximum absolute atomic E-state index is 13.2. The Morgan fingerprint density at radius 1 is 1.03 bits per heavy atom. The lowest BCUT2D eigenvalue weighted by molar-refractivity contribution is 0.0670. The Labute approximate surface area is 193 Å². The summed E-state index contributed by atoms with van der Waals surface area (Å²) in [6.45, 7) is 1.72. The molecule has 5 nitrogen and oxygen atoms in total. The van der Waals surface area contributed by atoms with Crippen LogP contribution in [0.1, 0.15) is 40.2 Å². The molecule has 1 amide bonds. The summed E-state index contributed by atoms with van der Waals surface area (Å²) in [5, 5.41) is 4.32. The van der Waals surface area contributed by atoms with Crippen LogP contribution in [0.4, 0.5) is 0 Å². The van der Waals surface area contributed by atoms with Crippen LogP contribution in [0.5, 0.6) is 5.75 Å². The van der Waals surface area contributed by atoms with Crippen LogP contribution in [-0.2, 0) is 4.74 Å². The van der Waals surface area contributed by atoms with Gasteiger partial charge in [0.15, 0.2) is 0 Å². The molecule has 1 aromatic heterocycles. The fourth-order valence-electron chi connectivity index (χ4n) is 4.50. The number of carbonyl (C=O) groups excluding carboxylic acids is 1. The molecule has 2 N–H and O–H groups in total. The standard InChI is InChI=1S/C28H28N2O3/c31-28(23-13-5-7-15-27(23)33-19-21-11-8-16-32-21)30-17-24(20-9-2-1-3-10-20)25-18-29-26-14-6-4-12-22(25)26/h1-7,9-10,12-15,18,21,24,29H,8,11,16-17,19H2,(H,30,31). The zero-order chi connectivity index (χ0) is 22.5. The van der Waals surface area contributed by atoms with Gasteiger partial charge in [-0.25, -0.2) is 0 Å². The minimum Gasteiger partial charge on any atom is -0.490 e. The molecule has 1 aliphatic rings. The lowest BCUT2D eigenvalue weighted by atomic mass is 9.91. The molecule has 1 aliphatic heterocycles. The van der Waals surface area contributed by atoms with E-state index in [2.05, 4.69) is 34.6 Å². The average molecular weight is 441 g/mol. The van der Waals surface area contributed by atoms with Gasteiger partial charge in [0.1, 0.15) is 12.4 Å². The Morgan fingerprint density at radius 2 is 1.82 bits per heavy atom. The van der Waals surface area contributed by atoms with E-state index in [1.165, 1.54) is 10.9 Å². The second kappa shape index (κ2) is 9.92. The van der Waals surface area contributed by atoms with E-state index in [4.69, 9.17) is 9.47 Å². The number of benzene rings is 3. The smallest absolute Gasteiger partial charge is 0.255 e. The molecule has 1 saturated heterocycles. The van der Waals surface area contributed by atoms with Crippen molar-refractivity contribution in [2.24, 2.45) is 0 Å². The Morgan fingerprint density at radius 3 is 2.67 bits per heavy atom. The Bertz CT molecular complexity index is 1210. The first-order chi connectivity index (χ1) is 16.3. The molecule has 3 aromatic carbocycles. The van der Waals surface area contributed by atoms with E-state index in [1.54, 1.807) is 0 Å². The molecule has 5 heteroatoms. The number of ether oxygens (including phenoxy) is 2. The molecule has 0 saturated carbocycles. The maximum Gasteiger partial charge on any atom is 0.255 e. The van der Waals surface area contributed by atoms with Gasteiger partial charge in [0.25, 0.3) is 5.91 Å². The number of aromatic nitrogens is 1. The van der Waals surface area contributed by atoms with Crippen molar-refractivity contribution in [2.45, 2.75) is 24.9 Å². The van der Waals surface area contributed by atoms with E-state index in [0.29, 0.717) is 24.5 Å². The third-order valence-electron chi connectivity index (χ3n) is 6.25. The van der Waals surface area contributed by atoms with Gasteiger partial charge in [0.05, 0.1) is 11.7 Å². The van der Waals surface area contributed by atoms with Crippen molar-refractivity contribution >= 4 is 16.8 Å². The third kappa shape index (κ3) is 4.78. The first-order valence-electron chi connectivity index (χ1n) is 11.5. The van der Waals surface area contributed by atoms with E-state index in [9.17, 15) is 4.79 Å². The molecular formula is C28H28N2O3. The number of hydrogen-bond donors (Lipinski definition) is 2. The predicted molar refractivity (Wildman–Crippen MR) is 130 cm³/mol. The molecule has 0 bridgehead atoms. The number of carbonyl (C=O) groups is 1. The van der Waals surface area contributed by atoms with Gasteiger partial charge in [-0.1, -0.05) is 60.7 Å². The highest BCUT2D eigenvalue weighted by Gasteiger charge is 2.21. The lowest BCUT2D eigenvalue weighted by Crippen LogP contribution is -2.29. The quantitative estimate of drug-likeness (QED) is 0.391. The van der Waals surface area contributed by atoms with Crippen LogP contribution in [0.3, 0.4) is 0 Å². The van der Waals surface area contributed by atoms with Crippen LogP contribution >= 0.6 is 0 Å². The molecule has 2 unspecified atom stereocenters. The predicted octanol–water partition coefficient (Wildman–Crippen LogP) is 5.29. The topological polar surface area (TPSA) is 63.4 Å². The van der Waals surface area contributed by atoms with Gasteiger partial charge in [0.2, 0.25) is 0 Å². The van der Waals surface area contributed by atoms with Crippen molar-refractivity contribution in [1.29, 1.82) is 0 Å². The van der Waals surface area contributed by atoms with E-state index in [0.717, 1.165) is 30.5 Å². The SMILES string of the molecule is O=C(NCC(c1ccccc1)c1c[nH]c2ccccc12)c1ccccc1OCC1CCCO1. The summed E-state index contributed by atoms with van der Waals surface area (Å²) in [4.78, 5) is 16.6. The largest absolute Gasteiger partial charge is 0.490 e. The number of amides is 1. The third-order valence-corrected chi connectivity index (χ3v) is 6.25. The highest BCUT2D eigenvalue weighted by molar-refractivity contribution is 5.97. The van der Waals surface area contributed by atoms with Crippen molar-refractivity contribution in [3.8, 4) is 5.75 Å². The van der Waals surface area contributed by atoms with Gasteiger partial charge >= 0.3 is 0 Å². The summed E-state index contributed by atoms with van der Waals surface area (Å²) >= 11 is 0. The van der Waals surface area contributed by atoms with Crippen molar-refractivity contribution in [3.05, 3.63) is 102 Å². The molecule has 0 aliphatic carbocycles. The molecule has 0 spiro atoms. The molecule has 2 heterocycles. The molecular weight excluding hydrogens is 412 g/mol. The summed E-state index contributed by atoms with van der Waals surface area (Å²) in [6.07, 6.45) is 4.21. The number of rotatable bonds is 8. The highest BCUT2D eigenvalue weighted by Crippen LogP contribution is 2.30. The maximum atomic E-state index is 13.2. The van der Waals surface area contributed by atoms with Crippen molar-refractivity contribution in [3.63, 3.8) is 0 Å². The summed E-state index contributed by atoms with van der Waals surface area (Å²) in [5.41, 5.74) is 3.96. The Balaban J connectivity index is 1.35. The van der Waals surface area contributed by atoms with Crippen LogP contribution in [-0.4, -0.2) is 36.8 Å². The number of para-hydroxylation sites is 2. The van der Waals surface area contributed by atoms with Gasteiger partial charge < -0.3 is 19.8 Å². The second-order valence-electron chi connectivity index (χ2n) is 8.41. The van der Waals surface area contributed by atoms with Crippen LogP contribution in [0.15, 0.2) is 85.1 Å². The zero-order valence-corrected chi connectivity index (χ0v) is 18.5. The first-order valence-corrected chi connectivity index (χ1v) is 11.5. The van der Waals surface area contributed by atoms with E-state index >= 15 is 0 Å². The second-order valence-corrected chi connectivity index (χ2v) is 8.41. The Kier molecular flexibility index (Phi) is 6.40. The van der Waals surface area contributed by atoms with Gasteiger partial charge in [-0.3, -0.25) is 4.79 Å². The number of aromatic amines is 1. The zero-order valence-electron chi connectivity index (χ0n) is 18.5. The first kappa shape index (κ1) is 21.3. The van der Waals surface area contributed by atoms with Gasteiger partial charge in [0, 0.05) is 36.2 Å². The van der Waals surface area contributed by atoms with Crippen LogP contribution < -0.4 is 10.1 Å². The molecule has 5 rings (SSSR count). The van der Waals surface area contributed by atoms with Gasteiger partial charge in [-0.05, 0) is 42.2 Å². The molecule has 33 heavy (non-hydrogen) atoms. The van der Waals surface area contributed by atoms with Crippen molar-refractivity contribution < 1.29 is 14.3 Å². The van der Waals surface area contributed by atoms with E-state index in [-0.39, 0.29) is 17.9 Å². The fourth-order valence-corrected chi connectivity index (χ4v) is 4.50. The lowest BCUT2D eigenvalue weighted by Gasteiger charge is -2.19. The van der Waals surface area contributed by atoms with E-state index < -0.39 is 0 Å². The minimum absolute atomic E-state index is 0.0197. The van der Waals surface area contributed by atoms with E-state index in [1.807, 2.05) is 60.8 Å². The average Bonchev–Trinajstić information content (AvgIpc) is 3.54. The number of hydrogen-bond acceptors (Lipinski definition) is 3. The van der Waals surface area contributed by atoms with Crippen LogP contribution in [0, 0.1) is 0 Å². The van der Waals surface area contributed by atoms with Crippen LogP contribution in [0.25, 0.3) is 10.9 Å². The number of H-pyrrole nitrogens is 1. The van der Waals surface area contributed by atoms with Gasteiger partial charge in [-0.2, -0.15) is 0 Å².